The molecular formula is C9H19NO3S. The zero-order valence-corrected chi connectivity index (χ0v) is 10.0. The molecular weight excluding hydrogens is 202 g/mol. The Morgan fingerprint density at radius 3 is 2.50 bits per heavy atom. The van der Waals surface area contributed by atoms with E-state index in [1.807, 2.05) is 19.9 Å². The van der Waals surface area contributed by atoms with E-state index in [1.54, 1.807) is 6.92 Å². The molecule has 1 N–H and O–H groups in total. The molecule has 0 aliphatic rings. The zero-order valence-electron chi connectivity index (χ0n) is 9.20. The lowest BCUT2D eigenvalue weighted by atomic mass is 10.3. The Kier molecular flexibility index (Phi) is 5.99. The molecule has 0 amide bonds. The molecule has 0 aromatic carbocycles. The molecule has 0 aliphatic carbocycles. The van der Waals surface area contributed by atoms with Crippen LogP contribution in [0.3, 0.4) is 0 Å². The maximum atomic E-state index is 11.4. The van der Waals surface area contributed by atoms with Crippen LogP contribution in [0.1, 0.15) is 20.8 Å². The van der Waals surface area contributed by atoms with Gasteiger partial charge in [-0.05, 0) is 20.8 Å². The molecule has 84 valence electrons. The van der Waals surface area contributed by atoms with Gasteiger partial charge in [0.05, 0.1) is 11.9 Å². The number of sulfonamides is 1. The lowest BCUT2D eigenvalue weighted by Crippen LogP contribution is -2.31. The molecule has 1 atom stereocenters. The summed E-state index contributed by atoms with van der Waals surface area (Å²) in [6.07, 6.45) is 1.55. The monoisotopic (exact) mass is 221 g/mol. The second kappa shape index (κ2) is 6.16. The number of methoxy groups -OCH3 is 1. The molecule has 0 saturated carbocycles. The van der Waals surface area contributed by atoms with Crippen LogP contribution >= 0.6 is 0 Å². The summed E-state index contributed by atoms with van der Waals surface area (Å²) in [5.41, 5.74) is 1.09. The minimum Gasteiger partial charge on any atom is -0.381 e. The van der Waals surface area contributed by atoms with E-state index in [1.165, 1.54) is 7.11 Å². The summed E-state index contributed by atoms with van der Waals surface area (Å²) in [4.78, 5) is 0. The van der Waals surface area contributed by atoms with Crippen molar-refractivity contribution in [2.45, 2.75) is 26.9 Å². The molecule has 0 bridgehead atoms. The SMILES string of the molecule is CO[C@H](C)CS(=O)(=O)NCC=C(C)C. The summed E-state index contributed by atoms with van der Waals surface area (Å²) in [7, 11) is -1.71. The fraction of sp³-hybridized carbons (Fsp3) is 0.778. The minimum atomic E-state index is -3.21. The summed E-state index contributed by atoms with van der Waals surface area (Å²) in [6.45, 7) is 5.92. The Bertz CT molecular complexity index is 278. The first-order valence-corrected chi connectivity index (χ1v) is 6.16. The van der Waals surface area contributed by atoms with E-state index in [0.29, 0.717) is 6.54 Å². The normalized spacial score (nSPS) is 13.7. The first kappa shape index (κ1) is 13.6. The Labute approximate surface area is 86.4 Å². The lowest BCUT2D eigenvalue weighted by Gasteiger charge is -2.10. The van der Waals surface area contributed by atoms with E-state index in [4.69, 9.17) is 4.74 Å². The van der Waals surface area contributed by atoms with Crippen LogP contribution in [0.15, 0.2) is 11.6 Å². The highest BCUT2D eigenvalue weighted by Gasteiger charge is 2.13. The molecule has 14 heavy (non-hydrogen) atoms. The molecule has 0 heterocycles. The van der Waals surface area contributed by atoms with Crippen LogP contribution in [-0.2, 0) is 14.8 Å². The maximum Gasteiger partial charge on any atom is 0.214 e. The molecule has 0 fully saturated rings. The highest BCUT2D eigenvalue weighted by molar-refractivity contribution is 7.89. The predicted molar refractivity (Wildman–Crippen MR) is 57.7 cm³/mol. The molecule has 0 aliphatic heterocycles. The number of rotatable bonds is 6. The minimum absolute atomic E-state index is 0.000101. The highest BCUT2D eigenvalue weighted by atomic mass is 32.2. The average molecular weight is 221 g/mol. The summed E-state index contributed by atoms with van der Waals surface area (Å²) in [6, 6.07) is 0. The van der Waals surface area contributed by atoms with Crippen molar-refractivity contribution in [1.29, 1.82) is 0 Å². The Hall–Kier alpha value is -0.390. The Morgan fingerprint density at radius 1 is 1.50 bits per heavy atom. The van der Waals surface area contributed by atoms with Crippen molar-refractivity contribution in [3.8, 4) is 0 Å². The first-order chi connectivity index (χ1) is 6.37. The lowest BCUT2D eigenvalue weighted by molar-refractivity contribution is 0.136. The van der Waals surface area contributed by atoms with E-state index in [2.05, 4.69) is 4.72 Å². The molecule has 0 spiro atoms. The third-order valence-corrected chi connectivity index (χ3v) is 3.18. The predicted octanol–water partition coefficient (Wildman–Crippen LogP) is 0.907. The van der Waals surface area contributed by atoms with Crippen molar-refractivity contribution in [3.63, 3.8) is 0 Å². The number of hydrogen-bond acceptors (Lipinski definition) is 3. The van der Waals surface area contributed by atoms with Crippen molar-refractivity contribution < 1.29 is 13.2 Å². The average Bonchev–Trinajstić information content (AvgIpc) is 2.02. The zero-order chi connectivity index (χ0) is 11.2. The van der Waals surface area contributed by atoms with Gasteiger partial charge in [-0.15, -0.1) is 0 Å². The summed E-state index contributed by atoms with van der Waals surface area (Å²) in [5.74, 6) is 0.000101. The number of allylic oxidation sites excluding steroid dienone is 1. The quantitative estimate of drug-likeness (QED) is 0.678. The molecule has 0 aromatic rings. The van der Waals surface area contributed by atoms with Gasteiger partial charge in [0.1, 0.15) is 0 Å². The molecule has 0 rings (SSSR count). The van der Waals surface area contributed by atoms with E-state index < -0.39 is 10.0 Å². The summed E-state index contributed by atoms with van der Waals surface area (Å²) >= 11 is 0. The largest absolute Gasteiger partial charge is 0.381 e. The van der Waals surface area contributed by atoms with Gasteiger partial charge in [0.25, 0.3) is 0 Å². The molecule has 0 saturated heterocycles. The summed E-state index contributed by atoms with van der Waals surface area (Å²) in [5, 5.41) is 0. The van der Waals surface area contributed by atoms with Gasteiger partial charge >= 0.3 is 0 Å². The van der Waals surface area contributed by atoms with Gasteiger partial charge in [-0.25, -0.2) is 13.1 Å². The van der Waals surface area contributed by atoms with Crippen molar-refractivity contribution in [2.75, 3.05) is 19.4 Å². The van der Waals surface area contributed by atoms with E-state index in [9.17, 15) is 8.42 Å². The molecule has 0 radical (unpaired) electrons. The number of hydrogen-bond donors (Lipinski definition) is 1. The van der Waals surface area contributed by atoms with E-state index in [0.717, 1.165) is 5.57 Å². The molecule has 4 nitrogen and oxygen atoms in total. The van der Waals surface area contributed by atoms with Crippen LogP contribution in [-0.4, -0.2) is 33.9 Å². The van der Waals surface area contributed by atoms with Gasteiger partial charge in [0, 0.05) is 13.7 Å². The number of ether oxygens (including phenoxy) is 1. The third-order valence-electron chi connectivity index (χ3n) is 1.67. The fourth-order valence-corrected chi connectivity index (χ4v) is 2.02. The van der Waals surface area contributed by atoms with Gasteiger partial charge in [0.2, 0.25) is 10.0 Å². The van der Waals surface area contributed by atoms with Crippen LogP contribution in [0.2, 0.25) is 0 Å². The second-order valence-corrected chi connectivity index (χ2v) is 5.31. The first-order valence-electron chi connectivity index (χ1n) is 4.51. The Balaban J connectivity index is 4.03. The summed E-state index contributed by atoms with van der Waals surface area (Å²) < 4.78 is 30.1. The van der Waals surface area contributed by atoms with Crippen LogP contribution in [0.4, 0.5) is 0 Å². The van der Waals surface area contributed by atoms with Crippen LogP contribution < -0.4 is 4.72 Å². The topological polar surface area (TPSA) is 55.4 Å². The van der Waals surface area contributed by atoms with Crippen molar-refractivity contribution in [1.82, 2.24) is 4.72 Å². The van der Waals surface area contributed by atoms with Crippen molar-refractivity contribution in [2.24, 2.45) is 0 Å². The Morgan fingerprint density at radius 2 is 2.07 bits per heavy atom. The standard InChI is InChI=1S/C9H19NO3S/c1-8(2)5-6-10-14(11,12)7-9(3)13-4/h5,9-10H,6-7H2,1-4H3/t9-/m1/s1. The highest BCUT2D eigenvalue weighted by Crippen LogP contribution is 1.94. The van der Waals surface area contributed by atoms with Gasteiger partial charge in [-0.3, -0.25) is 0 Å². The van der Waals surface area contributed by atoms with Crippen molar-refractivity contribution >= 4 is 10.0 Å². The molecule has 5 heteroatoms. The molecule has 0 aromatic heterocycles. The smallest absolute Gasteiger partial charge is 0.214 e. The van der Waals surface area contributed by atoms with Crippen LogP contribution in [0.5, 0.6) is 0 Å². The van der Waals surface area contributed by atoms with Crippen LogP contribution in [0, 0.1) is 0 Å². The maximum absolute atomic E-state index is 11.4. The van der Waals surface area contributed by atoms with Gasteiger partial charge in [-0.1, -0.05) is 11.6 Å². The van der Waals surface area contributed by atoms with Crippen molar-refractivity contribution in [3.05, 3.63) is 11.6 Å². The number of nitrogens with one attached hydrogen (secondary N) is 1. The van der Waals surface area contributed by atoms with Gasteiger partial charge in [0.15, 0.2) is 0 Å². The van der Waals surface area contributed by atoms with E-state index in [-0.39, 0.29) is 11.9 Å². The molecule has 0 unspecified atom stereocenters. The van der Waals surface area contributed by atoms with Gasteiger partial charge < -0.3 is 4.74 Å². The van der Waals surface area contributed by atoms with E-state index >= 15 is 0 Å². The van der Waals surface area contributed by atoms with Gasteiger partial charge in [-0.2, -0.15) is 0 Å². The van der Waals surface area contributed by atoms with Crippen LogP contribution in [0.25, 0.3) is 0 Å². The second-order valence-electron chi connectivity index (χ2n) is 3.46. The third kappa shape index (κ3) is 7.06. The fourth-order valence-electron chi connectivity index (χ4n) is 0.809.